The first-order valence-electron chi connectivity index (χ1n) is 10.4. The zero-order valence-corrected chi connectivity index (χ0v) is 18.2. The summed E-state index contributed by atoms with van der Waals surface area (Å²) in [5, 5.41) is 0.661. The lowest BCUT2D eigenvalue weighted by Gasteiger charge is -2.10. The summed E-state index contributed by atoms with van der Waals surface area (Å²) in [6, 6.07) is 18.3. The Morgan fingerprint density at radius 2 is 1.65 bits per heavy atom. The molecule has 0 aliphatic carbocycles. The predicted molar refractivity (Wildman–Crippen MR) is 123 cm³/mol. The Labute approximate surface area is 184 Å². The van der Waals surface area contributed by atoms with Crippen molar-refractivity contribution in [1.29, 1.82) is 0 Å². The van der Waals surface area contributed by atoms with E-state index in [9.17, 15) is 8.78 Å². The van der Waals surface area contributed by atoms with Crippen LogP contribution in [0, 0.1) is 5.82 Å². The van der Waals surface area contributed by atoms with Crippen molar-refractivity contribution in [2.45, 2.75) is 33.1 Å². The third-order valence-corrected chi connectivity index (χ3v) is 6.48. The van der Waals surface area contributed by atoms with Crippen LogP contribution in [0.15, 0.2) is 60.7 Å². The van der Waals surface area contributed by atoms with E-state index in [0.29, 0.717) is 27.1 Å². The van der Waals surface area contributed by atoms with Gasteiger partial charge in [-0.3, -0.25) is 0 Å². The molecule has 0 unspecified atom stereocenters. The van der Waals surface area contributed by atoms with E-state index in [1.54, 1.807) is 31.2 Å². The summed E-state index contributed by atoms with van der Waals surface area (Å²) in [6.45, 7) is 4.20. The molecular formula is C26H23F3OS. The van der Waals surface area contributed by atoms with E-state index in [2.05, 4.69) is 19.1 Å². The predicted octanol–water partition coefficient (Wildman–Crippen LogP) is 8.66. The van der Waals surface area contributed by atoms with Gasteiger partial charge in [0.1, 0.15) is 11.6 Å². The Morgan fingerprint density at radius 1 is 0.903 bits per heavy atom. The topological polar surface area (TPSA) is 9.23 Å². The number of benzene rings is 3. The number of ether oxygens (including phenoxy) is 1. The Balaban J connectivity index is 1.72. The van der Waals surface area contributed by atoms with E-state index in [1.807, 2.05) is 18.2 Å². The standard InChI is InChI=1S/C26H23F3OS/c1-3-5-16-6-8-17(9-7-16)18-10-12-20(21(27)14-18)23-15-19-11-13-22(30-4-2)24(26(28)29)25(19)31-23/h6-15,26H,3-5H2,1-2H3. The summed E-state index contributed by atoms with van der Waals surface area (Å²) >= 11 is 1.17. The van der Waals surface area contributed by atoms with Gasteiger partial charge in [0.15, 0.2) is 0 Å². The lowest BCUT2D eigenvalue weighted by molar-refractivity contribution is 0.147. The van der Waals surface area contributed by atoms with E-state index in [1.165, 1.54) is 23.0 Å². The number of hydrogen-bond acceptors (Lipinski definition) is 2. The van der Waals surface area contributed by atoms with Crippen LogP contribution in [-0.2, 0) is 6.42 Å². The molecule has 1 heterocycles. The molecule has 31 heavy (non-hydrogen) atoms. The largest absolute Gasteiger partial charge is 0.493 e. The van der Waals surface area contributed by atoms with Crippen LogP contribution in [0.1, 0.15) is 37.8 Å². The van der Waals surface area contributed by atoms with Crippen molar-refractivity contribution in [2.24, 2.45) is 0 Å². The Kier molecular flexibility index (Phi) is 6.33. The highest BCUT2D eigenvalue weighted by Crippen LogP contribution is 2.43. The zero-order chi connectivity index (χ0) is 22.0. The van der Waals surface area contributed by atoms with Crippen LogP contribution in [0.3, 0.4) is 0 Å². The maximum absolute atomic E-state index is 15.0. The molecule has 4 aromatic rings. The van der Waals surface area contributed by atoms with Gasteiger partial charge in [-0.2, -0.15) is 0 Å². The summed E-state index contributed by atoms with van der Waals surface area (Å²) in [7, 11) is 0. The third-order valence-electron chi connectivity index (χ3n) is 5.26. The van der Waals surface area contributed by atoms with E-state index in [0.717, 1.165) is 24.0 Å². The van der Waals surface area contributed by atoms with E-state index in [4.69, 9.17) is 4.74 Å². The lowest BCUT2D eigenvalue weighted by Crippen LogP contribution is -1.97. The molecule has 160 valence electrons. The molecular weight excluding hydrogens is 417 g/mol. The van der Waals surface area contributed by atoms with Crippen molar-refractivity contribution in [3.63, 3.8) is 0 Å². The van der Waals surface area contributed by atoms with Crippen LogP contribution in [0.25, 0.3) is 31.7 Å². The average molecular weight is 441 g/mol. The minimum absolute atomic E-state index is 0.125. The summed E-state index contributed by atoms with van der Waals surface area (Å²) in [5.74, 6) is -0.189. The minimum atomic E-state index is -2.67. The number of halogens is 3. The second-order valence-electron chi connectivity index (χ2n) is 7.38. The fraction of sp³-hybridized carbons (Fsp3) is 0.231. The van der Waals surface area contributed by atoms with Crippen LogP contribution < -0.4 is 4.74 Å². The number of rotatable bonds is 7. The third kappa shape index (κ3) is 4.33. The van der Waals surface area contributed by atoms with Gasteiger partial charge in [0.05, 0.1) is 12.2 Å². The summed E-state index contributed by atoms with van der Waals surface area (Å²) in [4.78, 5) is 0.618. The summed E-state index contributed by atoms with van der Waals surface area (Å²) in [6.07, 6.45) is -0.567. The lowest BCUT2D eigenvalue weighted by atomic mass is 10.0. The molecule has 0 radical (unpaired) electrons. The molecule has 0 bridgehead atoms. The van der Waals surface area contributed by atoms with Crippen LogP contribution in [0.4, 0.5) is 13.2 Å². The van der Waals surface area contributed by atoms with Gasteiger partial charge in [-0.1, -0.05) is 43.7 Å². The molecule has 5 heteroatoms. The molecule has 0 fully saturated rings. The molecule has 3 aromatic carbocycles. The number of hydrogen-bond donors (Lipinski definition) is 0. The molecule has 0 saturated heterocycles. The van der Waals surface area contributed by atoms with Gasteiger partial charge >= 0.3 is 0 Å². The van der Waals surface area contributed by atoms with Crippen molar-refractivity contribution in [3.8, 4) is 27.3 Å². The number of fused-ring (bicyclic) bond motifs is 1. The Hall–Kier alpha value is -2.79. The number of alkyl halides is 2. The van der Waals surface area contributed by atoms with E-state index in [-0.39, 0.29) is 17.1 Å². The molecule has 0 atom stereocenters. The monoisotopic (exact) mass is 440 g/mol. The molecule has 4 rings (SSSR count). The van der Waals surface area contributed by atoms with Gasteiger partial charge < -0.3 is 4.74 Å². The molecule has 0 aliphatic heterocycles. The van der Waals surface area contributed by atoms with Gasteiger partial charge in [0, 0.05) is 15.1 Å². The van der Waals surface area contributed by atoms with Gasteiger partial charge in [-0.05, 0) is 65.8 Å². The quantitative estimate of drug-likeness (QED) is 0.279. The molecule has 1 aromatic heterocycles. The molecule has 0 spiro atoms. The first-order chi connectivity index (χ1) is 15.0. The van der Waals surface area contributed by atoms with Crippen molar-refractivity contribution < 1.29 is 17.9 Å². The second-order valence-corrected chi connectivity index (χ2v) is 8.43. The molecule has 0 amide bonds. The molecule has 0 aliphatic rings. The fourth-order valence-corrected chi connectivity index (χ4v) is 5.00. The highest BCUT2D eigenvalue weighted by atomic mass is 32.1. The maximum Gasteiger partial charge on any atom is 0.268 e. The average Bonchev–Trinajstić information content (AvgIpc) is 3.18. The summed E-state index contributed by atoms with van der Waals surface area (Å²) in [5.41, 5.74) is 3.28. The first kappa shape index (κ1) is 21.4. The minimum Gasteiger partial charge on any atom is -0.493 e. The maximum atomic E-state index is 15.0. The Morgan fingerprint density at radius 3 is 2.29 bits per heavy atom. The Bertz CT molecular complexity index is 1200. The van der Waals surface area contributed by atoms with Gasteiger partial charge in [0.2, 0.25) is 0 Å². The van der Waals surface area contributed by atoms with Gasteiger partial charge in [0.25, 0.3) is 6.43 Å². The van der Waals surface area contributed by atoms with Crippen molar-refractivity contribution in [2.75, 3.05) is 6.61 Å². The van der Waals surface area contributed by atoms with Gasteiger partial charge in [-0.15, -0.1) is 11.3 Å². The van der Waals surface area contributed by atoms with Crippen LogP contribution in [0.2, 0.25) is 0 Å². The molecule has 0 N–H and O–H groups in total. The summed E-state index contributed by atoms with van der Waals surface area (Å²) < 4.78 is 48.3. The van der Waals surface area contributed by atoms with Crippen molar-refractivity contribution in [1.82, 2.24) is 0 Å². The van der Waals surface area contributed by atoms with E-state index >= 15 is 4.39 Å². The fourth-order valence-electron chi connectivity index (χ4n) is 3.77. The van der Waals surface area contributed by atoms with Crippen molar-refractivity contribution >= 4 is 21.4 Å². The highest BCUT2D eigenvalue weighted by Gasteiger charge is 2.21. The van der Waals surface area contributed by atoms with E-state index < -0.39 is 6.43 Å². The second kappa shape index (κ2) is 9.15. The number of aryl methyl sites for hydroxylation is 1. The van der Waals surface area contributed by atoms with Crippen molar-refractivity contribution in [3.05, 3.63) is 77.6 Å². The van der Waals surface area contributed by atoms with Gasteiger partial charge in [-0.25, -0.2) is 13.2 Å². The van der Waals surface area contributed by atoms with Crippen LogP contribution >= 0.6 is 11.3 Å². The smallest absolute Gasteiger partial charge is 0.268 e. The first-order valence-corrected chi connectivity index (χ1v) is 11.2. The molecule has 0 saturated carbocycles. The normalized spacial score (nSPS) is 11.4. The van der Waals surface area contributed by atoms with Crippen LogP contribution in [-0.4, -0.2) is 6.61 Å². The molecule has 1 nitrogen and oxygen atoms in total. The van der Waals surface area contributed by atoms with Crippen LogP contribution in [0.5, 0.6) is 5.75 Å². The zero-order valence-electron chi connectivity index (χ0n) is 17.4. The highest BCUT2D eigenvalue weighted by molar-refractivity contribution is 7.22. The number of thiophene rings is 1. The SMILES string of the molecule is CCCc1ccc(-c2ccc(-c3cc4ccc(OCC)c(C(F)F)c4s3)c(F)c2)cc1.